The second-order valence-electron chi connectivity index (χ2n) is 35.8. The molecule has 0 spiro atoms. The maximum Gasteiger partial charge on any atom is 0.114 e. The van der Waals surface area contributed by atoms with E-state index in [0.717, 1.165) is 86.9 Å². The molecule has 0 fully saturated rings. The minimum Gasteiger partial charge on any atom is -0.296 e. The number of fused-ring (bicyclic) bond motifs is 10. The van der Waals surface area contributed by atoms with E-state index in [-0.39, 0.29) is 0 Å². The van der Waals surface area contributed by atoms with Crippen LogP contribution >= 0.6 is 0 Å². The van der Waals surface area contributed by atoms with Crippen molar-refractivity contribution in [3.05, 3.63) is 509 Å². The van der Waals surface area contributed by atoms with E-state index in [1.165, 1.54) is 187 Å². The third-order valence-electron chi connectivity index (χ3n) is 27.9. The summed E-state index contributed by atoms with van der Waals surface area (Å²) in [5.41, 5.74) is 34.4. The lowest BCUT2D eigenvalue weighted by Crippen LogP contribution is -2.03. The molecule has 0 N–H and O–H groups in total. The number of benzene rings is 23. The predicted octanol–water partition coefficient (Wildman–Crippen LogP) is 35.5. The quantitative estimate of drug-likeness (QED) is 0.0906. The summed E-state index contributed by atoms with van der Waals surface area (Å²) < 4.78 is 7.08. The summed E-state index contributed by atoms with van der Waals surface area (Å²) in [6, 6.07) is 178. The zero-order valence-corrected chi connectivity index (χ0v) is 77.6. The normalized spacial score (nSPS) is 11.5. The highest BCUT2D eigenvalue weighted by Crippen LogP contribution is 2.52. The van der Waals surface area contributed by atoms with Gasteiger partial charge < -0.3 is 0 Å². The number of nitrogens with zero attached hydrogens (tertiary/aromatic N) is 6. The molecule has 0 aliphatic rings. The van der Waals surface area contributed by atoms with Gasteiger partial charge >= 0.3 is 0 Å². The van der Waals surface area contributed by atoms with Gasteiger partial charge in [-0.2, -0.15) is 0 Å². The summed E-state index contributed by atoms with van der Waals surface area (Å²) in [7, 11) is 0. The first-order chi connectivity index (χ1) is 68.9. The fraction of sp³-hybridized carbons (Fsp3) is 0.0451. The van der Waals surface area contributed by atoms with Gasteiger partial charge in [-0.05, 0) is 249 Å². The van der Waals surface area contributed by atoms with E-state index in [2.05, 4.69) is 526 Å². The Morgan fingerprint density at radius 3 is 0.734 bits per heavy atom. The van der Waals surface area contributed by atoms with E-state index in [1.807, 2.05) is 0 Å². The Hall–Kier alpha value is -17.7. The van der Waals surface area contributed by atoms with Gasteiger partial charge in [0.1, 0.15) is 17.5 Å². The maximum atomic E-state index is 5.06. The van der Waals surface area contributed by atoms with Gasteiger partial charge in [0.05, 0.1) is 50.2 Å². The molecule has 23 aromatic carbocycles. The van der Waals surface area contributed by atoms with Crippen molar-refractivity contribution in [2.45, 2.75) is 40.0 Å². The Morgan fingerprint density at radius 1 is 0.158 bits per heavy atom. The number of aromatic nitrogens is 6. The molecule has 0 aliphatic heterocycles. The van der Waals surface area contributed by atoms with Gasteiger partial charge in [-0.3, -0.25) is 13.7 Å². The molecule has 0 saturated carbocycles. The Labute approximate surface area is 808 Å². The highest BCUT2D eigenvalue weighted by molar-refractivity contribution is 6.26. The van der Waals surface area contributed by atoms with E-state index in [9.17, 15) is 0 Å². The fourth-order valence-electron chi connectivity index (χ4n) is 21.6. The summed E-state index contributed by atoms with van der Waals surface area (Å²) in [6.45, 7) is 6.56. The maximum absolute atomic E-state index is 5.06. The molecule has 6 heteroatoms. The van der Waals surface area contributed by atoms with Crippen LogP contribution in [-0.2, 0) is 19.3 Å². The van der Waals surface area contributed by atoms with Crippen LogP contribution in [0, 0.1) is 0 Å². The topological polar surface area (TPSA) is 53.5 Å². The molecule has 0 saturated heterocycles. The lowest BCUT2D eigenvalue weighted by molar-refractivity contribution is 0.909. The molecular formula is C133H96N6. The predicted molar refractivity (Wildman–Crippen MR) is 588 cm³/mol. The molecule has 26 rings (SSSR count). The summed E-state index contributed by atoms with van der Waals surface area (Å²) in [5, 5.41) is 17.4. The number of para-hydroxylation sites is 9. The van der Waals surface area contributed by atoms with Crippen molar-refractivity contribution in [3.8, 4) is 128 Å². The van der Waals surface area contributed by atoms with E-state index >= 15 is 0 Å². The number of hydrogen-bond donors (Lipinski definition) is 0. The summed E-state index contributed by atoms with van der Waals surface area (Å²) in [5.74, 6) is 3.18. The molecule has 3 aromatic heterocycles. The van der Waals surface area contributed by atoms with Gasteiger partial charge in [0, 0.05) is 36.0 Å². The molecule has 3 heterocycles. The molecule has 0 amide bonds. The minimum absolute atomic E-state index is 0.836. The zero-order valence-electron chi connectivity index (χ0n) is 77.6. The Balaban J connectivity index is 0.000000114. The highest BCUT2D eigenvalue weighted by atomic mass is 15.1. The van der Waals surface area contributed by atoms with Gasteiger partial charge in [-0.15, -0.1) is 0 Å². The van der Waals surface area contributed by atoms with Crippen molar-refractivity contribution < 1.29 is 0 Å². The van der Waals surface area contributed by atoms with Crippen LogP contribution in [0.1, 0.15) is 38.2 Å². The van der Waals surface area contributed by atoms with Crippen molar-refractivity contribution >= 4 is 109 Å². The van der Waals surface area contributed by atoms with Crippen molar-refractivity contribution in [2.75, 3.05) is 0 Å². The van der Waals surface area contributed by atoms with Crippen LogP contribution in [0.25, 0.3) is 237 Å². The molecule has 0 atom stereocenters. The van der Waals surface area contributed by atoms with Crippen LogP contribution < -0.4 is 0 Å². The van der Waals surface area contributed by atoms with Crippen LogP contribution in [0.2, 0.25) is 0 Å². The molecule has 26 aromatic rings. The van der Waals surface area contributed by atoms with E-state index in [4.69, 9.17) is 15.0 Å². The minimum atomic E-state index is 0.836. The second-order valence-corrected chi connectivity index (χ2v) is 35.8. The number of imidazole rings is 3. The first-order valence-corrected chi connectivity index (χ1v) is 48.4. The number of rotatable bonds is 16. The molecule has 0 unspecified atom stereocenters. The smallest absolute Gasteiger partial charge is 0.114 e. The molecular weight excluding hydrogens is 1680 g/mol. The average molecular weight is 1780 g/mol. The molecule has 6 nitrogen and oxygen atoms in total. The standard InChI is InChI=1S/C47H34N2.C45H32N2.C41H30N2/c1-2-45-48-42-22-12-14-24-44(42)49(45)43-23-13-11-21-40(43)47-38-20-10-9-19-37(38)46(35-27-25-34(26-28-35)32-15-5-3-6-16-32)41-31-36(29-30-39(41)47)33-17-7-4-8-18-33;1-2-43-46-40-21-11-13-23-42(40)47(43)41-22-12-10-20-38(41)45-36-19-9-8-18-35(36)44(34-25-24-31-16-6-7-17-32(31)28-34)39-29-33(26-27-37(39)45)30-14-4-3-5-15-30;1-2-39-42-36-22-12-14-24-38(36)43(39)37-23-13-11-21-34(37)41-32-20-10-9-19-31(32)40(29-17-7-4-8-18-29)35-27-30(25-26-33(35)41)28-15-5-3-6-16-28/h3-31H,2H2,1H3;3-29H,2H2,1H3;3-27H,2H2,1H3. The van der Waals surface area contributed by atoms with E-state index in [1.54, 1.807) is 0 Å². The van der Waals surface area contributed by atoms with Crippen molar-refractivity contribution in [1.82, 2.24) is 28.7 Å². The zero-order chi connectivity index (χ0) is 92.8. The van der Waals surface area contributed by atoms with Gasteiger partial charge in [0.2, 0.25) is 0 Å². The van der Waals surface area contributed by atoms with Crippen LogP contribution in [-0.4, -0.2) is 28.7 Å². The fourth-order valence-corrected chi connectivity index (χ4v) is 21.6. The monoisotopic (exact) mass is 1780 g/mol. The third-order valence-corrected chi connectivity index (χ3v) is 27.9. The van der Waals surface area contributed by atoms with Crippen molar-refractivity contribution in [1.29, 1.82) is 0 Å². The van der Waals surface area contributed by atoms with E-state index < -0.39 is 0 Å². The van der Waals surface area contributed by atoms with E-state index in [0.29, 0.717) is 0 Å². The van der Waals surface area contributed by atoms with Gasteiger partial charge in [0.15, 0.2) is 0 Å². The molecule has 0 aliphatic carbocycles. The van der Waals surface area contributed by atoms with Crippen LogP contribution in [0.5, 0.6) is 0 Å². The highest BCUT2D eigenvalue weighted by Gasteiger charge is 2.28. The number of aryl methyl sites for hydroxylation is 3. The van der Waals surface area contributed by atoms with Crippen LogP contribution in [0.3, 0.4) is 0 Å². The molecule has 0 radical (unpaired) electrons. The Kier molecular flexibility index (Phi) is 22.2. The van der Waals surface area contributed by atoms with Crippen LogP contribution in [0.15, 0.2) is 491 Å². The summed E-state index contributed by atoms with van der Waals surface area (Å²) in [4.78, 5) is 15.1. The average Bonchev–Trinajstić information content (AvgIpc) is 1.51. The second kappa shape index (κ2) is 36.6. The van der Waals surface area contributed by atoms with Gasteiger partial charge in [-0.1, -0.05) is 433 Å². The van der Waals surface area contributed by atoms with Gasteiger partial charge in [-0.25, -0.2) is 15.0 Å². The molecule has 658 valence electrons. The third kappa shape index (κ3) is 15.2. The van der Waals surface area contributed by atoms with Crippen LogP contribution in [0.4, 0.5) is 0 Å². The number of hydrogen-bond acceptors (Lipinski definition) is 3. The lowest BCUT2D eigenvalue weighted by Gasteiger charge is -2.21. The lowest BCUT2D eigenvalue weighted by atomic mass is 9.84. The molecule has 0 bridgehead atoms. The Bertz CT molecular complexity index is 9170. The molecule has 139 heavy (non-hydrogen) atoms. The first-order valence-electron chi connectivity index (χ1n) is 48.4. The van der Waals surface area contributed by atoms with Gasteiger partial charge in [0.25, 0.3) is 0 Å². The summed E-state index contributed by atoms with van der Waals surface area (Å²) in [6.07, 6.45) is 2.52. The largest absolute Gasteiger partial charge is 0.296 e. The van der Waals surface area contributed by atoms with Crippen molar-refractivity contribution in [2.24, 2.45) is 0 Å². The summed E-state index contributed by atoms with van der Waals surface area (Å²) >= 11 is 0. The SMILES string of the molecule is CCc1nc2ccccc2n1-c1ccccc1-c1c2ccccc2c(-c2ccc(-c3ccccc3)cc2)c2cc(-c3ccccc3)ccc12.CCc1nc2ccccc2n1-c1ccccc1-c1c2ccccc2c(-c2ccc3ccccc3c2)c2cc(-c3ccccc3)ccc12.CCc1nc2ccccc2n1-c1ccccc1-c1c2ccccc2c(-c2ccccc2)c2cc(-c3ccccc3)ccc12. The Morgan fingerprint density at radius 2 is 0.388 bits per heavy atom. The van der Waals surface area contributed by atoms with Crippen molar-refractivity contribution in [3.63, 3.8) is 0 Å². The first kappa shape index (κ1) is 84.3.